The Hall–Kier alpha value is 0.449. The summed E-state index contributed by atoms with van der Waals surface area (Å²) in [6, 6.07) is 8.71. The zero-order valence-corrected chi connectivity index (χ0v) is 11.9. The fourth-order valence-corrected chi connectivity index (χ4v) is 0.951. The van der Waals surface area contributed by atoms with Crippen molar-refractivity contribution < 1.29 is 15.7 Å². The summed E-state index contributed by atoms with van der Waals surface area (Å²) in [7, 11) is 9.78. The summed E-state index contributed by atoms with van der Waals surface area (Å²) < 4.78 is 0. The van der Waals surface area contributed by atoms with Crippen molar-refractivity contribution in [3.63, 3.8) is 0 Å². The van der Waals surface area contributed by atoms with Gasteiger partial charge in [0.15, 0.2) is 0 Å². The van der Waals surface area contributed by atoms with Gasteiger partial charge < -0.3 is 0 Å². The van der Waals surface area contributed by atoms with E-state index in [1.165, 1.54) is 11.1 Å². The van der Waals surface area contributed by atoms with E-state index in [1.54, 1.807) is 0 Å². The average Bonchev–Trinajstić information content (AvgIpc) is 2.06. The first kappa shape index (κ1) is 13.4. The van der Waals surface area contributed by atoms with Crippen LogP contribution >= 0.6 is 19.2 Å². The molecule has 0 N–H and O–H groups in total. The third-order valence-corrected chi connectivity index (χ3v) is 1.74. The van der Waals surface area contributed by atoms with Gasteiger partial charge in [-0.3, -0.25) is 0 Å². The molecule has 0 amide bonds. The summed E-state index contributed by atoms with van der Waals surface area (Å²) in [6.45, 7) is 6.54. The first-order chi connectivity index (χ1) is 6.11. The van der Waals surface area contributed by atoms with Gasteiger partial charge in [-0.05, 0) is 18.4 Å². The Morgan fingerprint density at radius 3 is 1.77 bits per heavy atom. The summed E-state index contributed by atoms with van der Waals surface area (Å²) in [5.41, 5.74) is 2.76. The van der Waals surface area contributed by atoms with Crippen LogP contribution in [0.15, 0.2) is 24.3 Å². The molecule has 0 fully saturated rings. The molecule has 1 rings (SSSR count). The Morgan fingerprint density at radius 1 is 1.08 bits per heavy atom. The molecule has 0 atom stereocenters. The fourth-order valence-electron chi connectivity index (χ4n) is 0.951. The fraction of sp³-hybridized carbons (Fsp3) is 0.400. The summed E-state index contributed by atoms with van der Waals surface area (Å²) in [5.74, 6) is 0.653. The van der Waals surface area contributed by atoms with Crippen LogP contribution in [0.3, 0.4) is 0 Å². The second kappa shape index (κ2) is 7.82. The van der Waals surface area contributed by atoms with Crippen LogP contribution in [0, 0.1) is 6.92 Å². The van der Waals surface area contributed by atoms with Crippen LogP contribution in [-0.2, 0) is 15.7 Å². The van der Waals surface area contributed by atoms with Crippen LogP contribution in [0.1, 0.15) is 30.9 Å². The molecule has 0 unspecified atom stereocenters. The van der Waals surface area contributed by atoms with Gasteiger partial charge in [0, 0.05) is 0 Å². The first-order valence-electron chi connectivity index (χ1n) is 4.02. The maximum absolute atomic E-state index is 4.89. The Labute approximate surface area is 96.6 Å². The van der Waals surface area contributed by atoms with E-state index >= 15 is 0 Å². The van der Waals surface area contributed by atoms with Gasteiger partial charge in [-0.1, -0.05) is 43.7 Å². The van der Waals surface area contributed by atoms with Crippen molar-refractivity contribution >= 4 is 19.2 Å². The van der Waals surface area contributed by atoms with E-state index in [1.807, 2.05) is 0 Å². The molecular formula is C10H14Cl2Ir. The van der Waals surface area contributed by atoms with Gasteiger partial charge in [0.2, 0.25) is 0 Å². The molecule has 0 radical (unpaired) electrons. The van der Waals surface area contributed by atoms with Crippen molar-refractivity contribution in [2.75, 3.05) is 0 Å². The molecule has 0 aliphatic rings. The van der Waals surface area contributed by atoms with E-state index in [2.05, 4.69) is 45.0 Å². The van der Waals surface area contributed by atoms with Gasteiger partial charge in [-0.25, -0.2) is 0 Å². The van der Waals surface area contributed by atoms with Crippen molar-refractivity contribution in [3.05, 3.63) is 35.4 Å². The molecule has 0 aliphatic heterocycles. The molecular weight excluding hydrogens is 383 g/mol. The Balaban J connectivity index is 0.000000424. The van der Waals surface area contributed by atoms with Crippen LogP contribution in [0.5, 0.6) is 0 Å². The molecule has 0 aromatic heterocycles. The van der Waals surface area contributed by atoms with Crippen molar-refractivity contribution in [2.45, 2.75) is 26.7 Å². The SMILES string of the molecule is Cc1ccc(C(C)C)cc1.[Cl][Ir][Cl]. The molecule has 3 heteroatoms. The number of rotatable bonds is 1. The van der Waals surface area contributed by atoms with Gasteiger partial charge in [0.05, 0.1) is 0 Å². The van der Waals surface area contributed by atoms with Crippen molar-refractivity contribution in [2.24, 2.45) is 0 Å². The molecule has 13 heavy (non-hydrogen) atoms. The molecule has 0 aliphatic carbocycles. The van der Waals surface area contributed by atoms with Crippen LogP contribution in [-0.4, -0.2) is 0 Å². The van der Waals surface area contributed by atoms with Gasteiger partial charge in [-0.15, -0.1) is 0 Å². The van der Waals surface area contributed by atoms with E-state index in [0.717, 1.165) is 0 Å². The third kappa shape index (κ3) is 6.51. The predicted octanol–water partition coefficient (Wildman–Crippen LogP) is 4.49. The van der Waals surface area contributed by atoms with Gasteiger partial charge in [-0.2, -0.15) is 0 Å². The molecule has 0 nitrogen and oxygen atoms in total. The van der Waals surface area contributed by atoms with E-state index in [0.29, 0.717) is 5.92 Å². The number of aryl methyl sites for hydroxylation is 1. The zero-order chi connectivity index (χ0) is 10.3. The van der Waals surface area contributed by atoms with Crippen molar-refractivity contribution in [3.8, 4) is 0 Å². The summed E-state index contributed by atoms with van der Waals surface area (Å²) in [4.78, 5) is 0. The topological polar surface area (TPSA) is 0 Å². The van der Waals surface area contributed by atoms with E-state index < -0.39 is 15.7 Å². The maximum atomic E-state index is 4.89. The van der Waals surface area contributed by atoms with Crippen LogP contribution in [0.25, 0.3) is 0 Å². The molecule has 0 saturated carbocycles. The second-order valence-electron chi connectivity index (χ2n) is 3.11. The quantitative estimate of drug-likeness (QED) is 0.655. The standard InChI is InChI=1S/C10H14.2ClH.Ir/c1-8(2)10-6-4-9(3)5-7-10;;;/h4-8H,1-3H3;2*1H;/q;;;+2/p-2. The molecule has 77 valence electrons. The number of hydrogen-bond acceptors (Lipinski definition) is 0. The predicted molar refractivity (Wildman–Crippen MR) is 57.0 cm³/mol. The average molecular weight is 397 g/mol. The summed E-state index contributed by atoms with van der Waals surface area (Å²) in [5, 5.41) is 0. The van der Waals surface area contributed by atoms with Gasteiger partial charge in [0.1, 0.15) is 0 Å². The Kier molecular flexibility index (Phi) is 8.09. The normalized spacial score (nSPS) is 9.69. The number of halogens is 2. The van der Waals surface area contributed by atoms with E-state index in [4.69, 9.17) is 19.2 Å². The zero-order valence-electron chi connectivity index (χ0n) is 7.98. The number of hydrogen-bond donors (Lipinski definition) is 0. The van der Waals surface area contributed by atoms with Crippen LogP contribution in [0.4, 0.5) is 0 Å². The first-order valence-corrected chi connectivity index (χ1v) is 9.95. The third-order valence-electron chi connectivity index (χ3n) is 1.74. The minimum absolute atomic E-state index is 0.556. The van der Waals surface area contributed by atoms with Gasteiger partial charge in [0.25, 0.3) is 0 Å². The van der Waals surface area contributed by atoms with Crippen molar-refractivity contribution in [1.82, 2.24) is 0 Å². The Morgan fingerprint density at radius 2 is 1.46 bits per heavy atom. The van der Waals surface area contributed by atoms with Crippen LogP contribution < -0.4 is 0 Å². The van der Waals surface area contributed by atoms with Gasteiger partial charge >= 0.3 is 34.8 Å². The molecule has 0 spiro atoms. The van der Waals surface area contributed by atoms with E-state index in [9.17, 15) is 0 Å². The monoisotopic (exact) mass is 397 g/mol. The molecule has 0 saturated heterocycles. The molecule has 0 heterocycles. The molecule has 1 aromatic carbocycles. The molecule has 1 aromatic rings. The van der Waals surface area contributed by atoms with E-state index in [-0.39, 0.29) is 0 Å². The molecule has 0 bridgehead atoms. The summed E-state index contributed by atoms with van der Waals surface area (Å²) in [6.07, 6.45) is 0. The summed E-state index contributed by atoms with van der Waals surface area (Å²) >= 11 is -0.556. The second-order valence-corrected chi connectivity index (χ2v) is 6.57. The van der Waals surface area contributed by atoms with Crippen LogP contribution in [0.2, 0.25) is 0 Å². The number of benzene rings is 1. The van der Waals surface area contributed by atoms with Crippen molar-refractivity contribution in [1.29, 1.82) is 0 Å². The Bertz CT molecular complexity index is 219. The minimum atomic E-state index is -0.556.